The van der Waals surface area contributed by atoms with E-state index in [2.05, 4.69) is 10.1 Å². The smallest absolute Gasteiger partial charge is 0.276 e. The van der Waals surface area contributed by atoms with Gasteiger partial charge in [0.2, 0.25) is 0 Å². The predicted molar refractivity (Wildman–Crippen MR) is 89.4 cm³/mol. The molecule has 0 spiro atoms. The first-order valence-electron chi connectivity index (χ1n) is 8.92. The average Bonchev–Trinajstić information content (AvgIpc) is 3.11. The van der Waals surface area contributed by atoms with Gasteiger partial charge in [-0.15, -0.1) is 0 Å². The van der Waals surface area contributed by atoms with Crippen molar-refractivity contribution in [2.45, 2.75) is 25.5 Å². The number of nitrogens with zero attached hydrogens (tertiary/aromatic N) is 3. The van der Waals surface area contributed by atoms with E-state index in [0.29, 0.717) is 38.5 Å². The molecule has 3 rings (SSSR count). The lowest BCUT2D eigenvalue weighted by Gasteiger charge is -2.31. The van der Waals surface area contributed by atoms with Gasteiger partial charge in [0, 0.05) is 39.4 Å². The van der Waals surface area contributed by atoms with Crippen LogP contribution in [-0.4, -0.2) is 86.7 Å². The number of carbonyl (C=O) groups excluding carboxylic acids is 1. The van der Waals surface area contributed by atoms with Crippen LogP contribution < -0.4 is 0 Å². The van der Waals surface area contributed by atoms with Gasteiger partial charge in [-0.2, -0.15) is 0 Å². The maximum atomic E-state index is 12.6. The van der Waals surface area contributed by atoms with E-state index < -0.39 is 0 Å². The van der Waals surface area contributed by atoms with E-state index in [4.69, 9.17) is 18.7 Å². The van der Waals surface area contributed by atoms with Gasteiger partial charge < -0.3 is 23.6 Å². The molecule has 140 valence electrons. The van der Waals surface area contributed by atoms with Crippen molar-refractivity contribution in [2.75, 3.05) is 59.7 Å². The molecular weight excluding hydrogens is 326 g/mol. The predicted octanol–water partition coefficient (Wildman–Crippen LogP) is 0.774. The van der Waals surface area contributed by atoms with Crippen LogP contribution in [0, 0.1) is 0 Å². The molecule has 2 aliphatic heterocycles. The van der Waals surface area contributed by atoms with Crippen molar-refractivity contribution >= 4 is 5.91 Å². The molecule has 0 bridgehead atoms. The second-order valence-electron chi connectivity index (χ2n) is 6.42. The molecule has 0 atom stereocenters. The Morgan fingerprint density at radius 3 is 2.72 bits per heavy atom. The summed E-state index contributed by atoms with van der Waals surface area (Å²) in [5.41, 5.74) is 0.391. The minimum atomic E-state index is -0.0627. The standard InChI is InChI=1S/C17H27N3O5/c1-22-10-11-24-14-2-4-20(5-3-14)17(21)16-12-15(25-18-16)13-19-6-8-23-9-7-19/h12,14H,2-11,13H2,1H3. The van der Waals surface area contributed by atoms with Crippen molar-refractivity contribution in [3.63, 3.8) is 0 Å². The SMILES string of the molecule is COCCOC1CCN(C(=O)c2cc(CN3CCOCC3)on2)CC1. The zero-order chi connectivity index (χ0) is 17.5. The molecule has 0 N–H and O–H groups in total. The van der Waals surface area contributed by atoms with Crippen molar-refractivity contribution < 1.29 is 23.5 Å². The van der Waals surface area contributed by atoms with Gasteiger partial charge in [-0.05, 0) is 12.8 Å². The lowest BCUT2D eigenvalue weighted by atomic mass is 10.1. The summed E-state index contributed by atoms with van der Waals surface area (Å²) in [6.45, 7) is 6.46. The molecule has 2 saturated heterocycles. The quantitative estimate of drug-likeness (QED) is 0.670. The largest absolute Gasteiger partial charge is 0.382 e. The van der Waals surface area contributed by atoms with Gasteiger partial charge in [-0.1, -0.05) is 5.16 Å². The van der Waals surface area contributed by atoms with Crippen LogP contribution in [0.15, 0.2) is 10.6 Å². The maximum Gasteiger partial charge on any atom is 0.276 e. The van der Waals surface area contributed by atoms with E-state index in [-0.39, 0.29) is 12.0 Å². The van der Waals surface area contributed by atoms with Crippen LogP contribution in [0.2, 0.25) is 0 Å². The Bertz CT molecular complexity index is 536. The number of rotatable bonds is 7. The molecule has 1 aromatic heterocycles. The van der Waals surface area contributed by atoms with Crippen molar-refractivity contribution in [2.24, 2.45) is 0 Å². The molecule has 0 radical (unpaired) electrons. The number of ether oxygens (including phenoxy) is 3. The summed E-state index contributed by atoms with van der Waals surface area (Å²) in [7, 11) is 1.66. The van der Waals surface area contributed by atoms with Crippen molar-refractivity contribution in [1.29, 1.82) is 0 Å². The number of amides is 1. The topological polar surface area (TPSA) is 77.3 Å². The van der Waals surface area contributed by atoms with Crippen LogP contribution in [0.1, 0.15) is 29.1 Å². The number of likely N-dealkylation sites (tertiary alicyclic amines) is 1. The Labute approximate surface area is 148 Å². The third-order valence-corrected chi connectivity index (χ3v) is 4.63. The third kappa shape index (κ3) is 5.24. The molecule has 2 fully saturated rings. The van der Waals surface area contributed by atoms with Crippen LogP contribution in [0.25, 0.3) is 0 Å². The normalized spacial score (nSPS) is 20.1. The highest BCUT2D eigenvalue weighted by molar-refractivity contribution is 5.92. The van der Waals surface area contributed by atoms with E-state index in [0.717, 1.165) is 44.9 Å². The molecule has 1 amide bonds. The highest BCUT2D eigenvalue weighted by Gasteiger charge is 2.26. The van der Waals surface area contributed by atoms with Gasteiger partial charge in [0.25, 0.3) is 5.91 Å². The number of hydrogen-bond acceptors (Lipinski definition) is 7. The van der Waals surface area contributed by atoms with E-state index in [1.54, 1.807) is 13.2 Å². The first kappa shape index (κ1) is 18.3. The number of hydrogen-bond donors (Lipinski definition) is 0. The first-order chi connectivity index (χ1) is 12.3. The van der Waals surface area contributed by atoms with Crippen LogP contribution in [-0.2, 0) is 20.8 Å². The molecular formula is C17H27N3O5. The molecule has 0 saturated carbocycles. The van der Waals surface area contributed by atoms with Gasteiger partial charge in [-0.25, -0.2) is 0 Å². The lowest BCUT2D eigenvalue weighted by Crippen LogP contribution is -2.41. The summed E-state index contributed by atoms with van der Waals surface area (Å²) in [4.78, 5) is 16.6. The van der Waals surface area contributed by atoms with Crippen LogP contribution in [0.3, 0.4) is 0 Å². The zero-order valence-corrected chi connectivity index (χ0v) is 14.8. The van der Waals surface area contributed by atoms with Gasteiger partial charge in [0.1, 0.15) is 0 Å². The summed E-state index contributed by atoms with van der Waals surface area (Å²) in [5, 5.41) is 3.96. The number of morpholine rings is 1. The van der Waals surface area contributed by atoms with Gasteiger partial charge in [-0.3, -0.25) is 9.69 Å². The first-order valence-corrected chi connectivity index (χ1v) is 8.92. The fourth-order valence-electron chi connectivity index (χ4n) is 3.15. The Morgan fingerprint density at radius 2 is 2.00 bits per heavy atom. The third-order valence-electron chi connectivity index (χ3n) is 4.63. The Balaban J connectivity index is 1.45. The molecule has 0 aliphatic carbocycles. The van der Waals surface area contributed by atoms with Crippen LogP contribution in [0.4, 0.5) is 0 Å². The Kier molecular flexibility index (Phi) is 6.80. The highest BCUT2D eigenvalue weighted by Crippen LogP contribution is 2.17. The van der Waals surface area contributed by atoms with Crippen molar-refractivity contribution in [3.05, 3.63) is 17.5 Å². The summed E-state index contributed by atoms with van der Waals surface area (Å²) in [6.07, 6.45) is 1.88. The Hall–Kier alpha value is -1.48. The molecule has 8 heteroatoms. The van der Waals surface area contributed by atoms with Crippen LogP contribution >= 0.6 is 0 Å². The molecule has 25 heavy (non-hydrogen) atoms. The van der Waals surface area contributed by atoms with Gasteiger partial charge >= 0.3 is 0 Å². The van der Waals surface area contributed by atoms with Crippen LogP contribution in [0.5, 0.6) is 0 Å². The number of carbonyl (C=O) groups is 1. The molecule has 3 heterocycles. The maximum absolute atomic E-state index is 12.6. The zero-order valence-electron chi connectivity index (χ0n) is 14.8. The van der Waals surface area contributed by atoms with E-state index in [9.17, 15) is 4.79 Å². The summed E-state index contributed by atoms with van der Waals surface area (Å²) in [6, 6.07) is 1.76. The van der Waals surface area contributed by atoms with E-state index in [1.165, 1.54) is 0 Å². The van der Waals surface area contributed by atoms with Gasteiger partial charge in [0.15, 0.2) is 11.5 Å². The molecule has 8 nitrogen and oxygen atoms in total. The number of piperidine rings is 1. The summed E-state index contributed by atoms with van der Waals surface area (Å²) >= 11 is 0. The highest BCUT2D eigenvalue weighted by atomic mass is 16.5. The average molecular weight is 353 g/mol. The second-order valence-corrected chi connectivity index (χ2v) is 6.42. The molecule has 2 aliphatic rings. The van der Waals surface area contributed by atoms with Gasteiger partial charge in [0.05, 0.1) is 39.1 Å². The molecule has 0 aromatic carbocycles. The van der Waals surface area contributed by atoms with E-state index >= 15 is 0 Å². The number of aromatic nitrogens is 1. The number of methoxy groups -OCH3 is 1. The molecule has 1 aromatic rings. The monoisotopic (exact) mass is 353 g/mol. The lowest BCUT2D eigenvalue weighted by molar-refractivity contribution is -0.0124. The Morgan fingerprint density at radius 1 is 1.24 bits per heavy atom. The minimum Gasteiger partial charge on any atom is -0.382 e. The second kappa shape index (κ2) is 9.28. The minimum absolute atomic E-state index is 0.0627. The fraction of sp³-hybridized carbons (Fsp3) is 0.765. The molecule has 0 unspecified atom stereocenters. The van der Waals surface area contributed by atoms with Crippen molar-refractivity contribution in [3.8, 4) is 0 Å². The van der Waals surface area contributed by atoms with Crippen molar-refractivity contribution in [1.82, 2.24) is 15.0 Å². The van der Waals surface area contributed by atoms with E-state index in [1.807, 2.05) is 4.90 Å². The summed E-state index contributed by atoms with van der Waals surface area (Å²) in [5.74, 6) is 0.662. The summed E-state index contributed by atoms with van der Waals surface area (Å²) < 4.78 is 21.4. The fourth-order valence-corrected chi connectivity index (χ4v) is 3.15.